The monoisotopic (exact) mass is 485 g/mol. The predicted molar refractivity (Wildman–Crippen MR) is 125 cm³/mol. The fraction of sp³-hybridized carbons (Fsp3) is 0.292. The lowest BCUT2D eigenvalue weighted by Crippen LogP contribution is -2.50. The number of piperazine rings is 1. The van der Waals surface area contributed by atoms with Crippen LogP contribution in [0.3, 0.4) is 0 Å². The van der Waals surface area contributed by atoms with Crippen LogP contribution in [0.15, 0.2) is 59.1 Å². The summed E-state index contributed by atoms with van der Waals surface area (Å²) >= 11 is 0. The van der Waals surface area contributed by atoms with Crippen molar-refractivity contribution in [2.24, 2.45) is 0 Å². The van der Waals surface area contributed by atoms with Crippen LogP contribution in [0, 0.1) is 6.92 Å². The Hall–Kier alpha value is -3.99. The SMILES string of the molecule is Cc1cc(NC(=O)CN2CCN(C(=O)c3ccccc3Nc3ccc(OC(F)F)cc3)CC2)no1. The van der Waals surface area contributed by atoms with Gasteiger partial charge in [0.15, 0.2) is 5.82 Å². The van der Waals surface area contributed by atoms with Crippen molar-refractivity contribution in [1.82, 2.24) is 15.0 Å². The number of carbonyl (C=O) groups is 2. The number of aromatic nitrogens is 1. The van der Waals surface area contributed by atoms with E-state index in [2.05, 4.69) is 20.5 Å². The zero-order valence-corrected chi connectivity index (χ0v) is 19.0. The minimum absolute atomic E-state index is 0.0533. The molecule has 184 valence electrons. The lowest BCUT2D eigenvalue weighted by molar-refractivity contribution is -0.117. The van der Waals surface area contributed by atoms with Crippen LogP contribution >= 0.6 is 0 Å². The van der Waals surface area contributed by atoms with Gasteiger partial charge in [-0.1, -0.05) is 17.3 Å². The first-order valence-electron chi connectivity index (χ1n) is 11.0. The topological polar surface area (TPSA) is 99.9 Å². The Balaban J connectivity index is 1.32. The molecule has 11 heteroatoms. The number of halogens is 2. The molecule has 2 aromatic carbocycles. The molecule has 0 aliphatic carbocycles. The van der Waals surface area contributed by atoms with E-state index in [4.69, 9.17) is 4.52 Å². The molecule has 2 heterocycles. The maximum atomic E-state index is 13.2. The minimum Gasteiger partial charge on any atom is -0.435 e. The number of aryl methyl sites for hydroxylation is 1. The Morgan fingerprint density at radius 3 is 2.46 bits per heavy atom. The van der Waals surface area contributed by atoms with Gasteiger partial charge in [-0.15, -0.1) is 0 Å². The normalized spacial score (nSPS) is 14.1. The first kappa shape index (κ1) is 24.1. The second kappa shape index (κ2) is 11.0. The summed E-state index contributed by atoms with van der Waals surface area (Å²) in [6.07, 6.45) is 0. The molecule has 2 N–H and O–H groups in total. The van der Waals surface area contributed by atoms with E-state index in [9.17, 15) is 18.4 Å². The summed E-state index contributed by atoms with van der Waals surface area (Å²) in [7, 11) is 0. The summed E-state index contributed by atoms with van der Waals surface area (Å²) in [6.45, 7) is 1.11. The summed E-state index contributed by atoms with van der Waals surface area (Å²) in [6, 6.07) is 14.8. The molecular formula is C24H25F2N5O4. The molecule has 0 atom stereocenters. The van der Waals surface area contributed by atoms with Crippen molar-refractivity contribution in [2.75, 3.05) is 43.4 Å². The van der Waals surface area contributed by atoms with Crippen LogP contribution in [0.1, 0.15) is 16.1 Å². The average Bonchev–Trinajstić information content (AvgIpc) is 3.24. The van der Waals surface area contributed by atoms with Crippen molar-refractivity contribution in [1.29, 1.82) is 0 Å². The van der Waals surface area contributed by atoms with E-state index in [0.717, 1.165) is 0 Å². The molecule has 1 saturated heterocycles. The van der Waals surface area contributed by atoms with Gasteiger partial charge in [0.2, 0.25) is 5.91 Å². The second-order valence-electron chi connectivity index (χ2n) is 8.01. The summed E-state index contributed by atoms with van der Waals surface area (Å²) in [5, 5.41) is 9.61. The third-order valence-corrected chi connectivity index (χ3v) is 5.44. The molecule has 1 fully saturated rings. The van der Waals surface area contributed by atoms with Gasteiger partial charge in [-0.3, -0.25) is 14.5 Å². The fourth-order valence-corrected chi connectivity index (χ4v) is 3.74. The molecule has 35 heavy (non-hydrogen) atoms. The molecule has 0 radical (unpaired) electrons. The highest BCUT2D eigenvalue weighted by atomic mass is 19.3. The number of rotatable bonds is 8. The Labute approximate surface area is 200 Å². The van der Waals surface area contributed by atoms with Crippen LogP contribution in [0.5, 0.6) is 5.75 Å². The molecule has 2 amide bonds. The van der Waals surface area contributed by atoms with E-state index in [1.165, 1.54) is 12.1 Å². The highest BCUT2D eigenvalue weighted by molar-refractivity contribution is 6.00. The van der Waals surface area contributed by atoms with Crippen LogP contribution in [-0.2, 0) is 4.79 Å². The van der Waals surface area contributed by atoms with Crippen molar-refractivity contribution < 1.29 is 27.6 Å². The highest BCUT2D eigenvalue weighted by Gasteiger charge is 2.25. The van der Waals surface area contributed by atoms with E-state index in [1.54, 1.807) is 54.3 Å². The van der Waals surface area contributed by atoms with Gasteiger partial charge in [0.1, 0.15) is 11.5 Å². The first-order chi connectivity index (χ1) is 16.9. The fourth-order valence-electron chi connectivity index (χ4n) is 3.74. The zero-order valence-electron chi connectivity index (χ0n) is 19.0. The van der Waals surface area contributed by atoms with Crippen molar-refractivity contribution in [2.45, 2.75) is 13.5 Å². The van der Waals surface area contributed by atoms with Crippen LogP contribution < -0.4 is 15.4 Å². The average molecular weight is 485 g/mol. The summed E-state index contributed by atoms with van der Waals surface area (Å²) < 4.78 is 34.0. The lowest BCUT2D eigenvalue weighted by atomic mass is 10.1. The summed E-state index contributed by atoms with van der Waals surface area (Å²) in [5.41, 5.74) is 1.72. The van der Waals surface area contributed by atoms with Crippen LogP contribution in [0.2, 0.25) is 0 Å². The van der Waals surface area contributed by atoms with Crippen molar-refractivity contribution in [3.8, 4) is 5.75 Å². The zero-order chi connectivity index (χ0) is 24.8. The molecule has 0 unspecified atom stereocenters. The number of anilines is 3. The number of ether oxygens (including phenoxy) is 1. The smallest absolute Gasteiger partial charge is 0.387 e. The van der Waals surface area contributed by atoms with Crippen molar-refractivity contribution in [3.63, 3.8) is 0 Å². The van der Waals surface area contributed by atoms with E-state index < -0.39 is 6.61 Å². The van der Waals surface area contributed by atoms with Gasteiger partial charge in [-0.2, -0.15) is 8.78 Å². The number of para-hydroxylation sites is 1. The number of hydrogen-bond donors (Lipinski definition) is 2. The molecule has 1 aliphatic heterocycles. The van der Waals surface area contributed by atoms with E-state index in [1.807, 2.05) is 4.90 Å². The van der Waals surface area contributed by atoms with Gasteiger partial charge in [-0.05, 0) is 43.3 Å². The Kier molecular flexibility index (Phi) is 7.56. The Morgan fingerprint density at radius 1 is 1.09 bits per heavy atom. The number of amides is 2. The summed E-state index contributed by atoms with van der Waals surface area (Å²) in [4.78, 5) is 29.2. The largest absolute Gasteiger partial charge is 0.435 e. The van der Waals surface area contributed by atoms with Crippen LogP contribution in [-0.4, -0.2) is 66.1 Å². The van der Waals surface area contributed by atoms with Gasteiger partial charge >= 0.3 is 6.61 Å². The first-order valence-corrected chi connectivity index (χ1v) is 11.0. The number of alkyl halides is 2. The van der Waals surface area contributed by atoms with E-state index in [0.29, 0.717) is 54.7 Å². The molecule has 1 aliphatic rings. The van der Waals surface area contributed by atoms with Gasteiger partial charge in [-0.25, -0.2) is 0 Å². The van der Waals surface area contributed by atoms with E-state index in [-0.39, 0.29) is 24.1 Å². The van der Waals surface area contributed by atoms with Crippen LogP contribution in [0.25, 0.3) is 0 Å². The number of nitrogens with one attached hydrogen (secondary N) is 2. The predicted octanol–water partition coefficient (Wildman–Crippen LogP) is 3.72. The molecule has 0 bridgehead atoms. The third-order valence-electron chi connectivity index (χ3n) is 5.44. The molecule has 0 saturated carbocycles. The number of nitrogens with zero attached hydrogens (tertiary/aromatic N) is 3. The standard InChI is InChI=1S/C24H25F2N5O4/c1-16-14-21(29-35-16)28-22(32)15-30-10-12-31(13-11-30)23(33)19-4-2-3-5-20(19)27-17-6-8-18(9-7-17)34-24(25)26/h2-9,14,24,27H,10-13,15H2,1H3,(H,28,29,32). The van der Waals surface area contributed by atoms with Crippen molar-refractivity contribution in [3.05, 3.63) is 65.9 Å². The van der Waals surface area contributed by atoms with Gasteiger partial charge in [0.25, 0.3) is 5.91 Å². The second-order valence-corrected chi connectivity index (χ2v) is 8.01. The Bertz CT molecular complexity index is 1160. The highest BCUT2D eigenvalue weighted by Crippen LogP contribution is 2.25. The summed E-state index contributed by atoms with van der Waals surface area (Å²) in [5.74, 6) is 0.713. The Morgan fingerprint density at radius 2 is 1.80 bits per heavy atom. The molecule has 4 rings (SSSR count). The van der Waals surface area contributed by atoms with Gasteiger partial charge < -0.3 is 24.8 Å². The maximum absolute atomic E-state index is 13.2. The number of carbonyl (C=O) groups excluding carboxylic acids is 2. The molecule has 9 nitrogen and oxygen atoms in total. The molecule has 1 aromatic heterocycles. The molecule has 0 spiro atoms. The third kappa shape index (κ3) is 6.54. The lowest BCUT2D eigenvalue weighted by Gasteiger charge is -2.34. The van der Waals surface area contributed by atoms with Gasteiger partial charge in [0, 0.05) is 37.9 Å². The maximum Gasteiger partial charge on any atom is 0.387 e. The van der Waals surface area contributed by atoms with Crippen LogP contribution in [0.4, 0.5) is 26.0 Å². The minimum atomic E-state index is -2.89. The van der Waals surface area contributed by atoms with Crippen molar-refractivity contribution >= 4 is 29.0 Å². The molecule has 3 aromatic rings. The number of hydrogen-bond acceptors (Lipinski definition) is 7. The number of benzene rings is 2. The van der Waals surface area contributed by atoms with E-state index >= 15 is 0 Å². The van der Waals surface area contributed by atoms with Gasteiger partial charge in [0.05, 0.1) is 17.8 Å². The molecular weight excluding hydrogens is 460 g/mol. The quantitative estimate of drug-likeness (QED) is 0.502.